The van der Waals surface area contributed by atoms with Gasteiger partial charge in [-0.2, -0.15) is 0 Å². The first-order valence-electron chi connectivity index (χ1n) is 6.66. The molecular weight excluding hydrogens is 210 g/mol. The number of rotatable bonds is 5. The van der Waals surface area contributed by atoms with Gasteiger partial charge in [-0.1, -0.05) is 19.9 Å². The Hall–Kier alpha value is -1.09. The molecule has 1 unspecified atom stereocenters. The molecule has 1 N–H and O–H groups in total. The number of nitrogens with one attached hydrogen (secondary N) is 1. The average Bonchev–Trinajstić information content (AvgIpc) is 2.78. The molecule has 94 valence electrons. The Morgan fingerprint density at radius 2 is 2.35 bits per heavy atom. The Morgan fingerprint density at radius 1 is 1.47 bits per heavy atom. The molecule has 3 nitrogen and oxygen atoms in total. The summed E-state index contributed by atoms with van der Waals surface area (Å²) < 4.78 is 0. The maximum Gasteiger partial charge on any atom is 0.128 e. The van der Waals surface area contributed by atoms with Crippen LogP contribution >= 0.6 is 0 Å². The van der Waals surface area contributed by atoms with Crippen molar-refractivity contribution in [3.8, 4) is 0 Å². The Balaban J connectivity index is 1.89. The molecule has 2 rings (SSSR count). The molecule has 0 spiro atoms. The zero-order chi connectivity index (χ0) is 12.1. The van der Waals surface area contributed by atoms with Crippen LogP contribution in [0.1, 0.15) is 26.7 Å². The summed E-state index contributed by atoms with van der Waals surface area (Å²) in [5.41, 5.74) is 0. The van der Waals surface area contributed by atoms with E-state index in [1.54, 1.807) is 0 Å². The van der Waals surface area contributed by atoms with E-state index in [9.17, 15) is 0 Å². The van der Waals surface area contributed by atoms with E-state index in [0.29, 0.717) is 6.04 Å². The molecule has 1 aromatic heterocycles. The first-order chi connectivity index (χ1) is 8.27. The maximum atomic E-state index is 4.45. The van der Waals surface area contributed by atoms with E-state index < -0.39 is 0 Å². The molecule has 2 heterocycles. The summed E-state index contributed by atoms with van der Waals surface area (Å²) in [6.07, 6.45) is 4.44. The highest BCUT2D eigenvalue weighted by Gasteiger charge is 2.24. The summed E-state index contributed by atoms with van der Waals surface area (Å²) in [6.45, 7) is 7.82. The van der Waals surface area contributed by atoms with Gasteiger partial charge < -0.3 is 10.2 Å². The Bertz CT molecular complexity index is 323. The van der Waals surface area contributed by atoms with Gasteiger partial charge in [0.1, 0.15) is 5.82 Å². The summed E-state index contributed by atoms with van der Waals surface area (Å²) in [5, 5.41) is 3.56. The van der Waals surface area contributed by atoms with Gasteiger partial charge in [0.2, 0.25) is 0 Å². The molecule has 1 aliphatic heterocycles. The number of hydrogen-bond acceptors (Lipinski definition) is 3. The van der Waals surface area contributed by atoms with E-state index in [2.05, 4.69) is 41.2 Å². The van der Waals surface area contributed by atoms with Crippen molar-refractivity contribution >= 4 is 5.82 Å². The zero-order valence-corrected chi connectivity index (χ0v) is 10.9. The lowest BCUT2D eigenvalue weighted by molar-refractivity contribution is 0.511. The smallest absolute Gasteiger partial charge is 0.128 e. The number of nitrogens with zero attached hydrogens (tertiary/aromatic N) is 2. The van der Waals surface area contributed by atoms with Crippen LogP contribution in [-0.4, -0.2) is 30.7 Å². The second-order valence-corrected chi connectivity index (χ2v) is 5.23. The van der Waals surface area contributed by atoms with Crippen molar-refractivity contribution in [1.82, 2.24) is 10.3 Å². The molecule has 0 saturated carbocycles. The van der Waals surface area contributed by atoms with E-state index >= 15 is 0 Å². The maximum absolute atomic E-state index is 4.45. The van der Waals surface area contributed by atoms with Gasteiger partial charge in [0.25, 0.3) is 0 Å². The summed E-state index contributed by atoms with van der Waals surface area (Å²) in [6, 6.07) is 6.77. The monoisotopic (exact) mass is 233 g/mol. The van der Waals surface area contributed by atoms with Crippen molar-refractivity contribution in [3.63, 3.8) is 0 Å². The van der Waals surface area contributed by atoms with Gasteiger partial charge in [-0.05, 0) is 37.4 Å². The Morgan fingerprint density at radius 3 is 3.06 bits per heavy atom. The van der Waals surface area contributed by atoms with Crippen LogP contribution in [0.2, 0.25) is 0 Å². The molecule has 17 heavy (non-hydrogen) atoms. The SMILES string of the molecule is CC(C)CNCC1CCCN1c1ccccn1. The molecule has 1 aromatic rings. The van der Waals surface area contributed by atoms with Gasteiger partial charge in [0.15, 0.2) is 0 Å². The van der Waals surface area contributed by atoms with Crippen LogP contribution < -0.4 is 10.2 Å². The van der Waals surface area contributed by atoms with Crippen LogP contribution in [0.4, 0.5) is 5.82 Å². The van der Waals surface area contributed by atoms with Crippen LogP contribution in [0.5, 0.6) is 0 Å². The minimum atomic E-state index is 0.614. The van der Waals surface area contributed by atoms with Gasteiger partial charge in [-0.3, -0.25) is 0 Å². The van der Waals surface area contributed by atoms with Crippen molar-refractivity contribution in [1.29, 1.82) is 0 Å². The van der Waals surface area contributed by atoms with Crippen molar-refractivity contribution in [2.45, 2.75) is 32.7 Å². The lowest BCUT2D eigenvalue weighted by Crippen LogP contribution is -2.39. The lowest BCUT2D eigenvalue weighted by Gasteiger charge is -2.26. The molecule has 0 aliphatic carbocycles. The number of pyridine rings is 1. The van der Waals surface area contributed by atoms with E-state index in [0.717, 1.165) is 31.4 Å². The van der Waals surface area contributed by atoms with E-state index in [4.69, 9.17) is 0 Å². The number of anilines is 1. The highest BCUT2D eigenvalue weighted by atomic mass is 15.2. The van der Waals surface area contributed by atoms with Crippen molar-refractivity contribution in [2.75, 3.05) is 24.5 Å². The third-order valence-corrected chi connectivity index (χ3v) is 3.25. The van der Waals surface area contributed by atoms with Gasteiger partial charge in [-0.15, -0.1) is 0 Å². The first kappa shape index (κ1) is 12.4. The van der Waals surface area contributed by atoms with Gasteiger partial charge in [0, 0.05) is 25.3 Å². The van der Waals surface area contributed by atoms with Crippen LogP contribution in [-0.2, 0) is 0 Å². The van der Waals surface area contributed by atoms with Crippen LogP contribution in [0.15, 0.2) is 24.4 Å². The second-order valence-electron chi connectivity index (χ2n) is 5.23. The summed E-state index contributed by atoms with van der Waals surface area (Å²) in [7, 11) is 0. The minimum Gasteiger partial charge on any atom is -0.352 e. The molecule has 0 radical (unpaired) electrons. The fourth-order valence-corrected chi connectivity index (χ4v) is 2.41. The first-order valence-corrected chi connectivity index (χ1v) is 6.66. The topological polar surface area (TPSA) is 28.2 Å². The fraction of sp³-hybridized carbons (Fsp3) is 0.643. The predicted octanol–water partition coefficient (Wildman–Crippen LogP) is 2.30. The van der Waals surface area contributed by atoms with E-state index in [1.807, 2.05) is 12.3 Å². The highest BCUT2D eigenvalue weighted by Crippen LogP contribution is 2.22. The highest BCUT2D eigenvalue weighted by molar-refractivity contribution is 5.40. The van der Waals surface area contributed by atoms with Crippen molar-refractivity contribution in [3.05, 3.63) is 24.4 Å². The van der Waals surface area contributed by atoms with Crippen LogP contribution in [0.3, 0.4) is 0 Å². The molecule has 1 fully saturated rings. The molecule has 1 aliphatic rings. The number of hydrogen-bond donors (Lipinski definition) is 1. The normalized spacial score (nSPS) is 20.2. The standard InChI is InChI=1S/C14H23N3/c1-12(2)10-15-11-13-6-5-9-17(13)14-7-3-4-8-16-14/h3-4,7-8,12-13,15H,5-6,9-11H2,1-2H3. The fourth-order valence-electron chi connectivity index (χ4n) is 2.41. The average molecular weight is 233 g/mol. The van der Waals surface area contributed by atoms with Gasteiger partial charge >= 0.3 is 0 Å². The number of aromatic nitrogens is 1. The summed E-state index contributed by atoms with van der Waals surface area (Å²) >= 11 is 0. The molecular formula is C14H23N3. The Kier molecular flexibility index (Phi) is 4.37. The van der Waals surface area contributed by atoms with Crippen LogP contribution in [0.25, 0.3) is 0 Å². The zero-order valence-electron chi connectivity index (χ0n) is 10.9. The minimum absolute atomic E-state index is 0.614. The second kappa shape index (κ2) is 6.01. The quantitative estimate of drug-likeness (QED) is 0.846. The largest absolute Gasteiger partial charge is 0.352 e. The summed E-state index contributed by atoms with van der Waals surface area (Å²) in [5.74, 6) is 1.85. The molecule has 1 saturated heterocycles. The van der Waals surface area contributed by atoms with Gasteiger partial charge in [-0.25, -0.2) is 4.98 Å². The third kappa shape index (κ3) is 3.43. The van der Waals surface area contributed by atoms with Gasteiger partial charge in [0.05, 0.1) is 0 Å². The molecule has 1 atom stereocenters. The molecule has 0 bridgehead atoms. The van der Waals surface area contributed by atoms with Crippen molar-refractivity contribution < 1.29 is 0 Å². The lowest BCUT2D eigenvalue weighted by atomic mass is 10.2. The predicted molar refractivity (Wildman–Crippen MR) is 72.3 cm³/mol. The summed E-state index contributed by atoms with van der Waals surface area (Å²) in [4.78, 5) is 6.89. The van der Waals surface area contributed by atoms with E-state index in [-0.39, 0.29) is 0 Å². The van der Waals surface area contributed by atoms with Crippen molar-refractivity contribution in [2.24, 2.45) is 5.92 Å². The Labute approximate surface area is 104 Å². The van der Waals surface area contributed by atoms with E-state index in [1.165, 1.54) is 12.8 Å². The van der Waals surface area contributed by atoms with Crippen LogP contribution in [0, 0.1) is 5.92 Å². The molecule has 0 aromatic carbocycles. The molecule has 0 amide bonds. The third-order valence-electron chi connectivity index (χ3n) is 3.25. The molecule has 3 heteroatoms.